The van der Waals surface area contributed by atoms with Crippen LogP contribution in [0.3, 0.4) is 0 Å². The van der Waals surface area contributed by atoms with Crippen molar-refractivity contribution < 1.29 is 0 Å². The van der Waals surface area contributed by atoms with E-state index in [1.807, 2.05) is 18.2 Å². The molecule has 0 unspecified atom stereocenters. The lowest BCUT2D eigenvalue weighted by molar-refractivity contribution is 0.866. The number of aryl methyl sites for hydroxylation is 1. The SMILES string of the molecule is Cc1ccccc1.Clc1cc(Cl)nnn1. The van der Waals surface area contributed by atoms with Crippen molar-refractivity contribution in [1.82, 2.24) is 15.4 Å². The summed E-state index contributed by atoms with van der Waals surface area (Å²) in [7, 11) is 0. The third-order valence-electron chi connectivity index (χ3n) is 1.46. The monoisotopic (exact) mass is 241 g/mol. The molecule has 0 bridgehead atoms. The van der Waals surface area contributed by atoms with Crippen molar-refractivity contribution in [3.8, 4) is 0 Å². The van der Waals surface area contributed by atoms with Crippen molar-refractivity contribution in [3.05, 3.63) is 52.3 Å². The maximum Gasteiger partial charge on any atom is 0.156 e. The van der Waals surface area contributed by atoms with Gasteiger partial charge in [0, 0.05) is 6.07 Å². The van der Waals surface area contributed by atoms with Gasteiger partial charge in [0.25, 0.3) is 0 Å². The first kappa shape index (κ1) is 11.9. The van der Waals surface area contributed by atoms with E-state index in [-0.39, 0.29) is 10.3 Å². The Kier molecular flexibility index (Phi) is 5.01. The first-order chi connectivity index (χ1) is 7.18. The molecular weight excluding hydrogens is 233 g/mol. The van der Waals surface area contributed by atoms with E-state index in [0.29, 0.717) is 0 Å². The van der Waals surface area contributed by atoms with Gasteiger partial charge in [-0.25, -0.2) is 0 Å². The Labute approximate surface area is 98.1 Å². The highest BCUT2D eigenvalue weighted by Gasteiger charge is 1.89. The fourth-order valence-corrected chi connectivity index (χ4v) is 1.13. The Morgan fingerprint density at radius 2 is 1.47 bits per heavy atom. The van der Waals surface area contributed by atoms with Crippen molar-refractivity contribution in [3.63, 3.8) is 0 Å². The zero-order valence-corrected chi connectivity index (χ0v) is 9.57. The van der Waals surface area contributed by atoms with Gasteiger partial charge in [0.05, 0.1) is 0 Å². The number of aromatic nitrogens is 3. The second-order valence-electron chi connectivity index (χ2n) is 2.73. The maximum absolute atomic E-state index is 5.35. The molecule has 2 aromatic rings. The number of hydrogen-bond acceptors (Lipinski definition) is 3. The Hall–Kier alpha value is -1.19. The van der Waals surface area contributed by atoms with Crippen molar-refractivity contribution in [2.75, 3.05) is 0 Å². The highest BCUT2D eigenvalue weighted by molar-refractivity contribution is 6.32. The summed E-state index contributed by atoms with van der Waals surface area (Å²) in [6.45, 7) is 2.08. The Morgan fingerprint density at radius 3 is 1.73 bits per heavy atom. The average molecular weight is 242 g/mol. The Morgan fingerprint density at radius 1 is 0.933 bits per heavy atom. The first-order valence-electron chi connectivity index (χ1n) is 4.21. The summed E-state index contributed by atoms with van der Waals surface area (Å²) in [5, 5.41) is 10.4. The van der Waals surface area contributed by atoms with Crippen LogP contribution in [0.5, 0.6) is 0 Å². The van der Waals surface area contributed by atoms with Gasteiger partial charge in [0.1, 0.15) is 0 Å². The molecule has 0 radical (unpaired) electrons. The average Bonchev–Trinajstić information content (AvgIpc) is 2.19. The molecule has 0 amide bonds. The minimum atomic E-state index is 0.255. The van der Waals surface area contributed by atoms with Gasteiger partial charge in [-0.15, -0.1) is 10.2 Å². The molecule has 1 heterocycles. The van der Waals surface area contributed by atoms with Gasteiger partial charge in [-0.1, -0.05) is 59.1 Å². The molecule has 0 aliphatic rings. The molecule has 0 saturated carbocycles. The minimum absolute atomic E-state index is 0.255. The molecule has 1 aromatic carbocycles. The van der Waals surface area contributed by atoms with Gasteiger partial charge in [-0.2, -0.15) is 0 Å². The molecule has 3 nitrogen and oxygen atoms in total. The smallest absolute Gasteiger partial charge is 0.118 e. The third kappa shape index (κ3) is 5.30. The maximum atomic E-state index is 5.35. The summed E-state index contributed by atoms with van der Waals surface area (Å²) < 4.78 is 0. The van der Waals surface area contributed by atoms with Crippen LogP contribution in [0.4, 0.5) is 0 Å². The van der Waals surface area contributed by atoms with Gasteiger partial charge in [-0.05, 0) is 12.1 Å². The van der Waals surface area contributed by atoms with E-state index in [0.717, 1.165) is 0 Å². The lowest BCUT2D eigenvalue weighted by atomic mass is 10.2. The van der Waals surface area contributed by atoms with Crippen LogP contribution in [-0.4, -0.2) is 15.4 Å². The number of halogens is 2. The molecule has 0 saturated heterocycles. The molecule has 0 spiro atoms. The van der Waals surface area contributed by atoms with Gasteiger partial charge >= 0.3 is 0 Å². The van der Waals surface area contributed by atoms with Crippen molar-refractivity contribution in [2.24, 2.45) is 0 Å². The second kappa shape index (κ2) is 6.32. The van der Waals surface area contributed by atoms with Crippen LogP contribution in [0, 0.1) is 6.92 Å². The summed E-state index contributed by atoms with van der Waals surface area (Å²) in [5.74, 6) is 0. The van der Waals surface area contributed by atoms with Crippen molar-refractivity contribution in [1.29, 1.82) is 0 Å². The van der Waals surface area contributed by atoms with Gasteiger partial charge < -0.3 is 0 Å². The lowest BCUT2D eigenvalue weighted by Gasteiger charge is -1.83. The highest BCUT2D eigenvalue weighted by atomic mass is 35.5. The number of nitrogens with zero attached hydrogens (tertiary/aromatic N) is 3. The summed E-state index contributed by atoms with van der Waals surface area (Å²) in [4.78, 5) is 0. The minimum Gasteiger partial charge on any atom is -0.118 e. The summed E-state index contributed by atoms with van der Waals surface area (Å²) in [6.07, 6.45) is 0. The number of hydrogen-bond donors (Lipinski definition) is 0. The normalized spacial score (nSPS) is 9.00. The van der Waals surface area contributed by atoms with Crippen LogP contribution in [0.1, 0.15) is 5.56 Å². The molecule has 0 atom stereocenters. The van der Waals surface area contributed by atoms with Crippen molar-refractivity contribution in [2.45, 2.75) is 6.92 Å². The zero-order chi connectivity index (χ0) is 11.1. The van der Waals surface area contributed by atoms with E-state index in [9.17, 15) is 0 Å². The molecule has 2 rings (SSSR count). The van der Waals surface area contributed by atoms with Crippen molar-refractivity contribution >= 4 is 23.2 Å². The summed E-state index contributed by atoms with van der Waals surface area (Å²) in [5.41, 5.74) is 1.32. The molecule has 1 aromatic heterocycles. The number of benzene rings is 1. The molecule has 78 valence electrons. The Bertz CT molecular complexity index is 389. The summed E-state index contributed by atoms with van der Waals surface area (Å²) in [6, 6.07) is 11.7. The predicted molar refractivity (Wildman–Crippen MR) is 61.0 cm³/mol. The topological polar surface area (TPSA) is 38.7 Å². The second-order valence-corrected chi connectivity index (χ2v) is 3.51. The van der Waals surface area contributed by atoms with Gasteiger partial charge in [0.15, 0.2) is 10.3 Å². The largest absolute Gasteiger partial charge is 0.156 e. The fraction of sp³-hybridized carbons (Fsp3) is 0.100. The van der Waals surface area contributed by atoms with Gasteiger partial charge in [-0.3, -0.25) is 0 Å². The molecule has 5 heteroatoms. The molecule has 0 N–H and O–H groups in total. The fourth-order valence-electron chi connectivity index (χ4n) is 0.798. The number of rotatable bonds is 0. The van der Waals surface area contributed by atoms with E-state index in [1.54, 1.807) is 0 Å². The van der Waals surface area contributed by atoms with E-state index >= 15 is 0 Å². The van der Waals surface area contributed by atoms with Gasteiger partial charge in [0.2, 0.25) is 0 Å². The highest BCUT2D eigenvalue weighted by Crippen LogP contribution is 2.06. The lowest BCUT2D eigenvalue weighted by Crippen LogP contribution is -1.84. The molecule has 0 aliphatic heterocycles. The van der Waals surface area contributed by atoms with Crippen LogP contribution in [0.2, 0.25) is 10.3 Å². The van der Waals surface area contributed by atoms with E-state index in [4.69, 9.17) is 23.2 Å². The van der Waals surface area contributed by atoms with Crippen LogP contribution in [-0.2, 0) is 0 Å². The molecule has 0 fully saturated rings. The van der Waals surface area contributed by atoms with E-state index in [1.165, 1.54) is 11.6 Å². The van der Waals surface area contributed by atoms with E-state index in [2.05, 4.69) is 34.5 Å². The van der Waals surface area contributed by atoms with E-state index < -0.39 is 0 Å². The molecule has 0 aliphatic carbocycles. The molecule has 15 heavy (non-hydrogen) atoms. The predicted octanol–water partition coefficient (Wildman–Crippen LogP) is 3.17. The van der Waals surface area contributed by atoms with Crippen LogP contribution in [0.15, 0.2) is 36.4 Å². The van der Waals surface area contributed by atoms with Crippen LogP contribution >= 0.6 is 23.2 Å². The van der Waals surface area contributed by atoms with Crippen LogP contribution < -0.4 is 0 Å². The Balaban J connectivity index is 0.000000151. The molecular formula is C10H9Cl2N3. The van der Waals surface area contributed by atoms with Crippen LogP contribution in [0.25, 0.3) is 0 Å². The standard InChI is InChI=1S/C7H8.C3HCl2N3/c1-7-5-3-2-4-6-7;4-2-1-3(5)7-8-6-2/h2-6H,1H3;1H. The zero-order valence-electron chi connectivity index (χ0n) is 8.06. The first-order valence-corrected chi connectivity index (χ1v) is 4.97. The third-order valence-corrected chi connectivity index (χ3v) is 1.83. The quantitative estimate of drug-likeness (QED) is 0.712. The summed E-state index contributed by atoms with van der Waals surface area (Å²) >= 11 is 10.7.